The minimum absolute atomic E-state index is 0.858. The fourth-order valence-electron chi connectivity index (χ4n) is 3.76. The topological polar surface area (TPSA) is 15.3 Å². The van der Waals surface area contributed by atoms with E-state index >= 15 is 0 Å². The highest BCUT2D eigenvalue weighted by molar-refractivity contribution is 5.15. The Hall–Kier alpha value is -0.860. The molecule has 2 heterocycles. The Kier molecular flexibility index (Phi) is 4.74. The second-order valence-corrected chi connectivity index (χ2v) is 6.83. The lowest BCUT2D eigenvalue weighted by Gasteiger charge is -2.34. The average molecular weight is 272 g/mol. The molecule has 1 aromatic carbocycles. The van der Waals surface area contributed by atoms with Gasteiger partial charge in [-0.3, -0.25) is 0 Å². The molecule has 2 fully saturated rings. The lowest BCUT2D eigenvalue weighted by molar-refractivity contribution is 0.154. The Bertz CT molecular complexity index is 395. The molecular formula is C18H28N2. The first-order valence-electron chi connectivity index (χ1n) is 8.28. The summed E-state index contributed by atoms with van der Waals surface area (Å²) in [6.07, 6.45) is 4.03. The van der Waals surface area contributed by atoms with E-state index in [-0.39, 0.29) is 0 Å². The fourth-order valence-corrected chi connectivity index (χ4v) is 3.76. The lowest BCUT2D eigenvalue weighted by Crippen LogP contribution is -2.39. The monoisotopic (exact) mass is 272 g/mol. The van der Waals surface area contributed by atoms with E-state index in [1.807, 2.05) is 0 Å². The molecule has 0 radical (unpaired) electrons. The summed E-state index contributed by atoms with van der Waals surface area (Å²) in [6.45, 7) is 8.76. The second kappa shape index (κ2) is 6.73. The van der Waals surface area contributed by atoms with Gasteiger partial charge in [-0.1, -0.05) is 37.3 Å². The Morgan fingerprint density at radius 1 is 1.10 bits per heavy atom. The van der Waals surface area contributed by atoms with E-state index in [4.69, 9.17) is 0 Å². The summed E-state index contributed by atoms with van der Waals surface area (Å²) in [5, 5.41) is 3.53. The van der Waals surface area contributed by atoms with Gasteiger partial charge in [0.15, 0.2) is 0 Å². The van der Waals surface area contributed by atoms with Gasteiger partial charge >= 0.3 is 0 Å². The van der Waals surface area contributed by atoms with Crippen molar-refractivity contribution in [3.8, 4) is 0 Å². The number of hydrogen-bond acceptors (Lipinski definition) is 2. The van der Waals surface area contributed by atoms with E-state index in [1.165, 1.54) is 57.5 Å². The first-order chi connectivity index (χ1) is 9.81. The molecular weight excluding hydrogens is 244 g/mol. The molecule has 0 unspecified atom stereocenters. The number of benzene rings is 1. The van der Waals surface area contributed by atoms with Crippen LogP contribution < -0.4 is 5.32 Å². The third-order valence-electron chi connectivity index (χ3n) is 5.24. The van der Waals surface area contributed by atoms with Crippen molar-refractivity contribution in [3.63, 3.8) is 0 Å². The van der Waals surface area contributed by atoms with Crippen LogP contribution in [0.4, 0.5) is 0 Å². The molecule has 2 atom stereocenters. The summed E-state index contributed by atoms with van der Waals surface area (Å²) in [5.41, 5.74) is 1.51. The van der Waals surface area contributed by atoms with Gasteiger partial charge < -0.3 is 10.2 Å². The number of rotatable bonds is 4. The fraction of sp³-hybridized carbons (Fsp3) is 0.667. The zero-order chi connectivity index (χ0) is 13.8. The molecule has 2 heteroatoms. The van der Waals surface area contributed by atoms with Crippen LogP contribution in [0.15, 0.2) is 30.3 Å². The number of likely N-dealkylation sites (tertiary alicyclic amines) is 1. The Morgan fingerprint density at radius 2 is 1.85 bits per heavy atom. The van der Waals surface area contributed by atoms with Crippen LogP contribution in [0.2, 0.25) is 0 Å². The van der Waals surface area contributed by atoms with Crippen molar-refractivity contribution in [1.82, 2.24) is 10.2 Å². The van der Waals surface area contributed by atoms with Gasteiger partial charge in [0.2, 0.25) is 0 Å². The molecule has 0 amide bonds. The van der Waals surface area contributed by atoms with Crippen LogP contribution in [0, 0.1) is 17.8 Å². The zero-order valence-corrected chi connectivity index (χ0v) is 12.7. The Labute approximate surface area is 123 Å². The third kappa shape index (κ3) is 3.62. The van der Waals surface area contributed by atoms with E-state index in [0.717, 1.165) is 17.8 Å². The summed E-state index contributed by atoms with van der Waals surface area (Å²) < 4.78 is 0. The molecule has 0 saturated carbocycles. The van der Waals surface area contributed by atoms with Crippen molar-refractivity contribution in [3.05, 3.63) is 35.9 Å². The maximum absolute atomic E-state index is 3.53. The zero-order valence-electron chi connectivity index (χ0n) is 12.7. The van der Waals surface area contributed by atoms with E-state index < -0.39 is 0 Å². The van der Waals surface area contributed by atoms with Crippen LogP contribution in [-0.2, 0) is 6.42 Å². The standard InChI is InChI=1S/C18H28N2/c1-15-12-19-13-18(15)14-20-9-7-17(8-10-20)11-16-5-3-2-4-6-16/h2-6,15,17-19H,7-14H2,1H3/t15-,18+/m1/s1. The molecule has 2 saturated heterocycles. The summed E-state index contributed by atoms with van der Waals surface area (Å²) in [6, 6.07) is 11.0. The van der Waals surface area contributed by atoms with Crippen molar-refractivity contribution < 1.29 is 0 Å². The van der Waals surface area contributed by atoms with E-state index in [0.29, 0.717) is 0 Å². The molecule has 110 valence electrons. The molecule has 0 spiro atoms. The van der Waals surface area contributed by atoms with Gasteiger partial charge in [0.05, 0.1) is 0 Å². The summed E-state index contributed by atoms with van der Waals surface area (Å²) in [7, 11) is 0. The third-order valence-corrected chi connectivity index (χ3v) is 5.24. The van der Waals surface area contributed by atoms with Crippen LogP contribution in [0.3, 0.4) is 0 Å². The van der Waals surface area contributed by atoms with Crippen molar-refractivity contribution in [2.45, 2.75) is 26.2 Å². The number of hydrogen-bond donors (Lipinski definition) is 1. The molecule has 0 aromatic heterocycles. The highest BCUT2D eigenvalue weighted by Gasteiger charge is 2.27. The van der Waals surface area contributed by atoms with E-state index in [2.05, 4.69) is 47.5 Å². The largest absolute Gasteiger partial charge is 0.316 e. The van der Waals surface area contributed by atoms with Crippen LogP contribution in [0.25, 0.3) is 0 Å². The molecule has 1 N–H and O–H groups in total. The van der Waals surface area contributed by atoms with Crippen molar-refractivity contribution in [2.24, 2.45) is 17.8 Å². The first-order valence-corrected chi connectivity index (χ1v) is 8.28. The molecule has 1 aromatic rings. The SMILES string of the molecule is C[C@@H]1CNC[C@H]1CN1CCC(Cc2ccccc2)CC1. The summed E-state index contributed by atoms with van der Waals surface area (Å²) in [5.74, 6) is 2.63. The number of nitrogens with zero attached hydrogens (tertiary/aromatic N) is 1. The van der Waals surface area contributed by atoms with Crippen LogP contribution in [-0.4, -0.2) is 37.6 Å². The highest BCUT2D eigenvalue weighted by Crippen LogP contribution is 2.24. The highest BCUT2D eigenvalue weighted by atomic mass is 15.1. The van der Waals surface area contributed by atoms with Gasteiger partial charge in [0.1, 0.15) is 0 Å². The van der Waals surface area contributed by atoms with Gasteiger partial charge in [-0.25, -0.2) is 0 Å². The normalized spacial score (nSPS) is 28.9. The number of piperidine rings is 1. The van der Waals surface area contributed by atoms with E-state index in [1.54, 1.807) is 0 Å². The average Bonchev–Trinajstić information content (AvgIpc) is 2.88. The lowest BCUT2D eigenvalue weighted by atomic mass is 9.89. The van der Waals surface area contributed by atoms with Gasteiger partial charge in [-0.2, -0.15) is 0 Å². The molecule has 3 rings (SSSR count). The Balaban J connectivity index is 1.43. The quantitative estimate of drug-likeness (QED) is 0.906. The molecule has 2 nitrogen and oxygen atoms in total. The van der Waals surface area contributed by atoms with Gasteiger partial charge in [0, 0.05) is 6.54 Å². The van der Waals surface area contributed by atoms with Gasteiger partial charge in [0.25, 0.3) is 0 Å². The van der Waals surface area contributed by atoms with Crippen LogP contribution >= 0.6 is 0 Å². The van der Waals surface area contributed by atoms with Gasteiger partial charge in [-0.15, -0.1) is 0 Å². The predicted molar refractivity (Wildman–Crippen MR) is 84.8 cm³/mol. The predicted octanol–water partition coefficient (Wildman–Crippen LogP) is 2.80. The molecule has 0 aliphatic carbocycles. The van der Waals surface area contributed by atoms with E-state index in [9.17, 15) is 0 Å². The molecule has 20 heavy (non-hydrogen) atoms. The minimum atomic E-state index is 0.858. The first kappa shape index (κ1) is 14.1. The van der Waals surface area contributed by atoms with Crippen molar-refractivity contribution in [2.75, 3.05) is 32.7 Å². The summed E-state index contributed by atoms with van der Waals surface area (Å²) >= 11 is 0. The summed E-state index contributed by atoms with van der Waals surface area (Å²) in [4.78, 5) is 2.70. The molecule has 0 bridgehead atoms. The maximum Gasteiger partial charge on any atom is 0.00248 e. The molecule has 2 aliphatic rings. The van der Waals surface area contributed by atoms with Crippen LogP contribution in [0.5, 0.6) is 0 Å². The minimum Gasteiger partial charge on any atom is -0.316 e. The van der Waals surface area contributed by atoms with Crippen LogP contribution in [0.1, 0.15) is 25.3 Å². The van der Waals surface area contributed by atoms with Crippen molar-refractivity contribution >= 4 is 0 Å². The number of nitrogens with one attached hydrogen (secondary N) is 1. The van der Waals surface area contributed by atoms with Gasteiger partial charge in [-0.05, 0) is 68.8 Å². The Morgan fingerprint density at radius 3 is 2.50 bits per heavy atom. The maximum atomic E-state index is 3.53. The second-order valence-electron chi connectivity index (χ2n) is 6.83. The molecule has 2 aliphatic heterocycles. The van der Waals surface area contributed by atoms with Crippen molar-refractivity contribution in [1.29, 1.82) is 0 Å². The smallest absolute Gasteiger partial charge is 0.00248 e.